The molecule has 0 bridgehead atoms. The van der Waals surface area contributed by atoms with Gasteiger partial charge in [-0.1, -0.05) is 12.1 Å². The number of aldehydes is 1. The van der Waals surface area contributed by atoms with E-state index in [1.807, 2.05) is 0 Å². The summed E-state index contributed by atoms with van der Waals surface area (Å²) >= 11 is 0. The van der Waals surface area contributed by atoms with Gasteiger partial charge in [0.05, 0.1) is 5.69 Å². The molecule has 1 fully saturated rings. The number of hydrogen-bond acceptors (Lipinski definition) is 6. The molecule has 4 amide bonds. The van der Waals surface area contributed by atoms with E-state index in [9.17, 15) is 24.0 Å². The Morgan fingerprint density at radius 2 is 1.56 bits per heavy atom. The summed E-state index contributed by atoms with van der Waals surface area (Å²) < 4.78 is 1.32. The first-order valence-corrected chi connectivity index (χ1v) is 11.4. The first kappa shape index (κ1) is 26.4. The van der Waals surface area contributed by atoms with Crippen LogP contribution in [-0.4, -0.2) is 80.5 Å². The molecule has 3 rings (SSSR count). The van der Waals surface area contributed by atoms with E-state index in [-0.39, 0.29) is 37.9 Å². The number of piperazine rings is 1. The highest BCUT2D eigenvalue weighted by Gasteiger charge is 2.35. The number of nitrogens with one attached hydrogen (secondary N) is 2. The van der Waals surface area contributed by atoms with E-state index in [0.717, 1.165) is 11.8 Å². The molecule has 0 unspecified atom stereocenters. The molecule has 1 aliphatic heterocycles. The SMILES string of the molecule is CC(C)(NC(=O)O)C(=O)N1CCN(C(=O)Nc2ccn(-c3ccc(C(C)(C)C=O)cc3)c(=O)n2)CC1. The Balaban J connectivity index is 1.61. The summed E-state index contributed by atoms with van der Waals surface area (Å²) in [4.78, 5) is 66.9. The van der Waals surface area contributed by atoms with Crippen LogP contribution in [0.2, 0.25) is 0 Å². The molecular formula is C24H30N6O6. The second-order valence-corrected chi connectivity index (χ2v) is 9.62. The Labute approximate surface area is 207 Å². The van der Waals surface area contributed by atoms with Crippen molar-refractivity contribution in [3.63, 3.8) is 0 Å². The van der Waals surface area contributed by atoms with Gasteiger partial charge in [-0.05, 0) is 51.5 Å². The van der Waals surface area contributed by atoms with Gasteiger partial charge in [-0.25, -0.2) is 14.4 Å². The van der Waals surface area contributed by atoms with Crippen LogP contribution in [0.4, 0.5) is 15.4 Å². The summed E-state index contributed by atoms with van der Waals surface area (Å²) in [5.74, 6) is -0.289. The molecular weight excluding hydrogens is 468 g/mol. The van der Waals surface area contributed by atoms with Crippen molar-refractivity contribution >= 4 is 30.1 Å². The number of aromatic nitrogens is 2. The lowest BCUT2D eigenvalue weighted by Crippen LogP contribution is -2.60. The third kappa shape index (κ3) is 5.88. The molecule has 1 aromatic heterocycles. The predicted octanol–water partition coefficient (Wildman–Crippen LogP) is 1.43. The first-order chi connectivity index (χ1) is 16.8. The molecule has 1 aromatic carbocycles. The standard InChI is InChI=1S/C24H30N6O6/c1-23(2,15-31)16-5-7-17(8-6-16)30-10-9-18(26-21(30)34)25-20(33)29-13-11-28(12-14-29)19(32)24(3,4)27-22(35)36/h5-10,15,27H,11-14H2,1-4H3,(H,35,36)(H,25,26,33,34). The lowest BCUT2D eigenvalue weighted by molar-refractivity contribution is -0.138. The highest BCUT2D eigenvalue weighted by Crippen LogP contribution is 2.21. The molecule has 3 N–H and O–H groups in total. The lowest BCUT2D eigenvalue weighted by atomic mass is 9.86. The summed E-state index contributed by atoms with van der Waals surface area (Å²) in [6.45, 7) is 7.52. The fourth-order valence-corrected chi connectivity index (χ4v) is 3.81. The predicted molar refractivity (Wildman–Crippen MR) is 131 cm³/mol. The lowest BCUT2D eigenvalue weighted by Gasteiger charge is -2.38. The van der Waals surface area contributed by atoms with Crippen LogP contribution in [0.3, 0.4) is 0 Å². The second-order valence-electron chi connectivity index (χ2n) is 9.62. The van der Waals surface area contributed by atoms with Gasteiger partial charge in [0, 0.05) is 37.8 Å². The van der Waals surface area contributed by atoms with E-state index < -0.39 is 28.8 Å². The van der Waals surface area contributed by atoms with E-state index in [2.05, 4.69) is 15.6 Å². The Morgan fingerprint density at radius 1 is 0.972 bits per heavy atom. The van der Waals surface area contributed by atoms with Gasteiger partial charge in [0.15, 0.2) is 0 Å². The third-order valence-corrected chi connectivity index (χ3v) is 6.03. The van der Waals surface area contributed by atoms with E-state index >= 15 is 0 Å². The largest absolute Gasteiger partial charge is 0.465 e. The molecule has 192 valence electrons. The minimum Gasteiger partial charge on any atom is -0.465 e. The maximum Gasteiger partial charge on any atom is 0.405 e. The zero-order chi connectivity index (χ0) is 26.7. The van der Waals surface area contributed by atoms with Crippen LogP contribution < -0.4 is 16.3 Å². The molecule has 2 heterocycles. The fraction of sp³-hybridized carbons (Fsp3) is 0.417. The molecule has 12 heteroatoms. The quantitative estimate of drug-likeness (QED) is 0.509. The Morgan fingerprint density at radius 3 is 2.08 bits per heavy atom. The number of rotatable bonds is 6. The molecule has 36 heavy (non-hydrogen) atoms. The van der Waals surface area contributed by atoms with Crippen LogP contribution in [0.5, 0.6) is 0 Å². The molecule has 12 nitrogen and oxygen atoms in total. The number of amides is 4. The average Bonchev–Trinajstić information content (AvgIpc) is 2.83. The molecule has 0 aliphatic carbocycles. The number of nitrogens with zero attached hydrogens (tertiary/aromatic N) is 4. The van der Waals surface area contributed by atoms with Gasteiger partial charge in [0.2, 0.25) is 5.91 Å². The molecule has 1 aliphatic rings. The number of hydrogen-bond donors (Lipinski definition) is 3. The maximum atomic E-state index is 12.7. The molecule has 0 radical (unpaired) electrons. The van der Waals surface area contributed by atoms with Gasteiger partial charge in [-0.3, -0.25) is 14.7 Å². The summed E-state index contributed by atoms with van der Waals surface area (Å²) in [5.41, 5.74) is -1.12. The van der Waals surface area contributed by atoms with E-state index in [4.69, 9.17) is 5.11 Å². The van der Waals surface area contributed by atoms with Crippen molar-refractivity contribution in [3.05, 3.63) is 52.6 Å². The van der Waals surface area contributed by atoms with Crippen molar-refractivity contribution in [2.45, 2.75) is 38.6 Å². The maximum absolute atomic E-state index is 12.7. The summed E-state index contributed by atoms with van der Waals surface area (Å²) in [6.07, 6.45) is 1.07. The number of anilines is 1. The van der Waals surface area contributed by atoms with Crippen LogP contribution in [-0.2, 0) is 15.0 Å². The first-order valence-electron chi connectivity index (χ1n) is 11.4. The fourth-order valence-electron chi connectivity index (χ4n) is 3.81. The number of urea groups is 1. The Hall–Kier alpha value is -4.22. The highest BCUT2D eigenvalue weighted by atomic mass is 16.4. The van der Waals surface area contributed by atoms with Crippen molar-refractivity contribution in [2.24, 2.45) is 0 Å². The smallest absolute Gasteiger partial charge is 0.405 e. The Bertz CT molecular complexity index is 1210. The van der Waals surface area contributed by atoms with Crippen molar-refractivity contribution in [3.8, 4) is 5.69 Å². The van der Waals surface area contributed by atoms with Crippen molar-refractivity contribution < 1.29 is 24.3 Å². The van der Waals surface area contributed by atoms with Crippen LogP contribution in [0.1, 0.15) is 33.3 Å². The van der Waals surface area contributed by atoms with E-state index in [0.29, 0.717) is 5.69 Å². The number of carbonyl (C=O) groups is 4. The van der Waals surface area contributed by atoms with Crippen LogP contribution in [0, 0.1) is 0 Å². The van der Waals surface area contributed by atoms with Gasteiger partial charge >= 0.3 is 17.8 Å². The van der Waals surface area contributed by atoms with Crippen molar-refractivity contribution in [1.82, 2.24) is 24.7 Å². The van der Waals surface area contributed by atoms with Gasteiger partial charge < -0.3 is 25.0 Å². The summed E-state index contributed by atoms with van der Waals surface area (Å²) in [5, 5.41) is 13.7. The van der Waals surface area contributed by atoms with Gasteiger partial charge in [0.25, 0.3) is 0 Å². The molecule has 2 aromatic rings. The van der Waals surface area contributed by atoms with Crippen molar-refractivity contribution in [1.29, 1.82) is 0 Å². The van der Waals surface area contributed by atoms with Crippen LogP contribution in [0.15, 0.2) is 41.3 Å². The second kappa shape index (κ2) is 10.2. The monoisotopic (exact) mass is 498 g/mol. The van der Waals surface area contributed by atoms with Gasteiger partial charge in [-0.15, -0.1) is 0 Å². The van der Waals surface area contributed by atoms with Crippen molar-refractivity contribution in [2.75, 3.05) is 31.5 Å². The van der Waals surface area contributed by atoms with E-state index in [1.165, 1.54) is 40.5 Å². The number of carboxylic acid groups (broad SMARTS) is 1. The van der Waals surface area contributed by atoms with Crippen LogP contribution >= 0.6 is 0 Å². The summed E-state index contributed by atoms with van der Waals surface area (Å²) in [6, 6.07) is 8.02. The number of carbonyl (C=O) groups excluding carboxylic acids is 3. The average molecular weight is 499 g/mol. The van der Waals surface area contributed by atoms with E-state index in [1.54, 1.807) is 38.1 Å². The molecule has 0 atom stereocenters. The Kier molecular flexibility index (Phi) is 7.46. The highest BCUT2D eigenvalue weighted by molar-refractivity contribution is 5.90. The van der Waals surface area contributed by atoms with Gasteiger partial charge in [-0.2, -0.15) is 4.98 Å². The van der Waals surface area contributed by atoms with Crippen LogP contribution in [0.25, 0.3) is 5.69 Å². The zero-order valence-corrected chi connectivity index (χ0v) is 20.6. The molecule has 0 spiro atoms. The normalized spacial score (nSPS) is 14.2. The third-order valence-electron chi connectivity index (χ3n) is 6.03. The minimum atomic E-state index is -1.29. The number of benzene rings is 1. The molecule has 0 saturated carbocycles. The topological polar surface area (TPSA) is 154 Å². The zero-order valence-electron chi connectivity index (χ0n) is 20.6. The minimum absolute atomic E-state index is 0.0882. The summed E-state index contributed by atoms with van der Waals surface area (Å²) in [7, 11) is 0. The van der Waals surface area contributed by atoms with Gasteiger partial charge in [0.1, 0.15) is 17.6 Å². The molecule has 1 saturated heterocycles.